The van der Waals surface area contributed by atoms with Crippen molar-refractivity contribution in [3.63, 3.8) is 0 Å². The fourth-order valence-electron chi connectivity index (χ4n) is 1.24. The van der Waals surface area contributed by atoms with Crippen molar-refractivity contribution in [3.8, 4) is 0 Å². The summed E-state index contributed by atoms with van der Waals surface area (Å²) in [4.78, 5) is 4.26. The summed E-state index contributed by atoms with van der Waals surface area (Å²) in [5, 5.41) is 6.36. The monoisotopic (exact) mass is 246 g/mol. The van der Waals surface area contributed by atoms with Gasteiger partial charge in [-0.3, -0.25) is 0 Å². The molecule has 1 aliphatic rings. The molecule has 0 saturated heterocycles. The maximum absolute atomic E-state index is 4.26. The second kappa shape index (κ2) is 3.34. The van der Waals surface area contributed by atoms with Gasteiger partial charge in [-0.1, -0.05) is 6.92 Å². The molecule has 0 bridgehead atoms. The van der Waals surface area contributed by atoms with E-state index in [1.165, 1.54) is 6.42 Å². The van der Waals surface area contributed by atoms with Gasteiger partial charge in [-0.05, 0) is 34.2 Å². The smallest absolute Gasteiger partial charge is 0.183 e. The second-order valence-corrected chi connectivity index (χ2v) is 5.00. The normalized spacial score (nSPS) is 27.2. The van der Waals surface area contributed by atoms with E-state index in [1.54, 1.807) is 11.3 Å². The zero-order chi connectivity index (χ0) is 8.55. The molecule has 2 unspecified atom stereocenters. The zero-order valence-corrected chi connectivity index (χ0v) is 9.28. The molecule has 66 valence electrons. The molecule has 1 aromatic rings. The average Bonchev–Trinajstić information content (AvgIpc) is 2.56. The number of halogens is 1. The lowest BCUT2D eigenvalue weighted by atomic mass is 10.3. The summed E-state index contributed by atoms with van der Waals surface area (Å²) in [6.45, 7) is 3.38. The average molecular weight is 247 g/mol. The molecule has 2 nitrogen and oxygen atoms in total. The predicted octanol–water partition coefficient (Wildman–Crippen LogP) is 2.97. The molecule has 4 heteroatoms. The Balaban J connectivity index is 1.80. The molecule has 1 fully saturated rings. The van der Waals surface area contributed by atoms with Crippen molar-refractivity contribution < 1.29 is 0 Å². The van der Waals surface area contributed by atoms with Crippen LogP contribution in [-0.4, -0.2) is 11.5 Å². The number of aromatic nitrogens is 1. The van der Waals surface area contributed by atoms with E-state index in [1.807, 2.05) is 5.38 Å². The first-order valence-corrected chi connectivity index (χ1v) is 5.78. The van der Waals surface area contributed by atoms with Gasteiger partial charge < -0.3 is 5.32 Å². The maximum atomic E-state index is 4.26. The number of rotatable bonds is 3. The highest BCUT2D eigenvalue weighted by Crippen LogP contribution is 2.37. The minimum Gasteiger partial charge on any atom is -0.361 e. The van der Waals surface area contributed by atoms with Gasteiger partial charge in [-0.25, -0.2) is 4.98 Å². The van der Waals surface area contributed by atoms with Gasteiger partial charge in [0.2, 0.25) is 0 Å². The minimum atomic E-state index is 0.882. The second-order valence-electron chi connectivity index (χ2n) is 3.33. The van der Waals surface area contributed by atoms with Crippen LogP contribution in [0.3, 0.4) is 0 Å². The molecule has 0 amide bonds. The van der Waals surface area contributed by atoms with Crippen LogP contribution < -0.4 is 5.32 Å². The fourth-order valence-corrected chi connectivity index (χ4v) is 2.39. The lowest BCUT2D eigenvalue weighted by Crippen LogP contribution is -2.03. The van der Waals surface area contributed by atoms with Gasteiger partial charge in [0, 0.05) is 11.9 Å². The van der Waals surface area contributed by atoms with Crippen LogP contribution in [0.2, 0.25) is 0 Å². The molecule has 0 radical (unpaired) electrons. The Bertz CT molecular complexity index is 274. The van der Waals surface area contributed by atoms with Crippen LogP contribution >= 0.6 is 27.3 Å². The Hall–Kier alpha value is -0.0900. The molecule has 0 aliphatic heterocycles. The Kier molecular flexibility index (Phi) is 2.37. The van der Waals surface area contributed by atoms with Crippen molar-refractivity contribution in [2.24, 2.45) is 11.8 Å². The van der Waals surface area contributed by atoms with E-state index in [0.717, 1.165) is 28.1 Å². The van der Waals surface area contributed by atoms with Crippen LogP contribution in [0.4, 0.5) is 5.13 Å². The van der Waals surface area contributed by atoms with E-state index in [-0.39, 0.29) is 0 Å². The molecule has 0 spiro atoms. The van der Waals surface area contributed by atoms with Crippen molar-refractivity contribution in [2.75, 3.05) is 11.9 Å². The molecular formula is C8H11BrN2S. The first-order chi connectivity index (χ1) is 5.75. The third kappa shape index (κ3) is 1.98. The summed E-state index contributed by atoms with van der Waals surface area (Å²) in [5.74, 6) is 1.80. The number of hydrogen-bond acceptors (Lipinski definition) is 3. The molecular weight excluding hydrogens is 236 g/mol. The fraction of sp³-hybridized carbons (Fsp3) is 0.625. The Morgan fingerprint density at radius 2 is 2.58 bits per heavy atom. The molecule has 1 heterocycles. The van der Waals surface area contributed by atoms with E-state index < -0.39 is 0 Å². The lowest BCUT2D eigenvalue weighted by molar-refractivity contribution is 0.786. The van der Waals surface area contributed by atoms with Crippen molar-refractivity contribution in [1.82, 2.24) is 4.98 Å². The van der Waals surface area contributed by atoms with E-state index in [9.17, 15) is 0 Å². The molecule has 2 atom stereocenters. The van der Waals surface area contributed by atoms with Crippen molar-refractivity contribution in [2.45, 2.75) is 13.3 Å². The van der Waals surface area contributed by atoms with Gasteiger partial charge in [0.1, 0.15) is 4.60 Å². The highest BCUT2D eigenvalue weighted by molar-refractivity contribution is 9.10. The van der Waals surface area contributed by atoms with Gasteiger partial charge in [-0.2, -0.15) is 0 Å². The number of nitrogens with one attached hydrogen (secondary N) is 1. The van der Waals surface area contributed by atoms with E-state index in [0.29, 0.717) is 0 Å². The summed E-state index contributed by atoms with van der Waals surface area (Å²) < 4.78 is 0.929. The first kappa shape index (κ1) is 8.51. The minimum absolute atomic E-state index is 0.882. The van der Waals surface area contributed by atoms with Crippen molar-refractivity contribution >= 4 is 32.4 Å². The van der Waals surface area contributed by atoms with Crippen LogP contribution in [0, 0.1) is 11.8 Å². The SMILES string of the molecule is CC1CC1CNc1nc(Br)cs1. The van der Waals surface area contributed by atoms with Crippen molar-refractivity contribution in [3.05, 3.63) is 9.98 Å². The Morgan fingerprint density at radius 1 is 1.83 bits per heavy atom. The highest BCUT2D eigenvalue weighted by Gasteiger charge is 2.31. The molecule has 0 aromatic carbocycles. The molecule has 1 aliphatic carbocycles. The standard InChI is InChI=1S/C8H11BrN2S/c1-5-2-6(5)3-10-8-11-7(9)4-12-8/h4-6H,2-3H2,1H3,(H,10,11). The number of hydrogen-bond donors (Lipinski definition) is 1. The van der Waals surface area contributed by atoms with Crippen LogP contribution in [0.15, 0.2) is 9.98 Å². The lowest BCUT2D eigenvalue weighted by Gasteiger charge is -1.98. The highest BCUT2D eigenvalue weighted by atomic mass is 79.9. The van der Waals surface area contributed by atoms with Crippen LogP contribution in [0.25, 0.3) is 0 Å². The van der Waals surface area contributed by atoms with Crippen LogP contribution in [0.1, 0.15) is 13.3 Å². The summed E-state index contributed by atoms with van der Waals surface area (Å²) >= 11 is 4.98. The Labute approximate surface area is 84.5 Å². The molecule has 2 rings (SSSR count). The number of thiazole rings is 1. The number of anilines is 1. The van der Waals surface area contributed by atoms with Gasteiger partial charge in [0.15, 0.2) is 5.13 Å². The summed E-state index contributed by atoms with van der Waals surface area (Å²) in [5.41, 5.74) is 0. The van der Waals surface area contributed by atoms with Gasteiger partial charge >= 0.3 is 0 Å². The molecule has 12 heavy (non-hydrogen) atoms. The Morgan fingerprint density at radius 3 is 3.08 bits per heavy atom. The molecule has 1 N–H and O–H groups in total. The van der Waals surface area contributed by atoms with Crippen LogP contribution in [-0.2, 0) is 0 Å². The summed E-state index contributed by atoms with van der Waals surface area (Å²) in [6, 6.07) is 0. The van der Waals surface area contributed by atoms with Gasteiger partial charge in [0.05, 0.1) is 0 Å². The van der Waals surface area contributed by atoms with Crippen molar-refractivity contribution in [1.29, 1.82) is 0 Å². The zero-order valence-electron chi connectivity index (χ0n) is 6.88. The first-order valence-electron chi connectivity index (χ1n) is 4.10. The maximum Gasteiger partial charge on any atom is 0.183 e. The molecule has 1 saturated carbocycles. The van der Waals surface area contributed by atoms with Gasteiger partial charge in [-0.15, -0.1) is 11.3 Å². The topological polar surface area (TPSA) is 24.9 Å². The summed E-state index contributed by atoms with van der Waals surface area (Å²) in [6.07, 6.45) is 1.37. The van der Waals surface area contributed by atoms with Crippen LogP contribution in [0.5, 0.6) is 0 Å². The largest absolute Gasteiger partial charge is 0.361 e. The third-order valence-corrected chi connectivity index (χ3v) is 3.78. The quantitative estimate of drug-likeness (QED) is 0.888. The number of nitrogens with zero attached hydrogens (tertiary/aromatic N) is 1. The van der Waals surface area contributed by atoms with Gasteiger partial charge in [0.25, 0.3) is 0 Å². The predicted molar refractivity (Wildman–Crippen MR) is 55.6 cm³/mol. The van der Waals surface area contributed by atoms with E-state index >= 15 is 0 Å². The summed E-state index contributed by atoms with van der Waals surface area (Å²) in [7, 11) is 0. The van der Waals surface area contributed by atoms with E-state index in [4.69, 9.17) is 0 Å². The van der Waals surface area contributed by atoms with E-state index in [2.05, 4.69) is 33.2 Å². The third-order valence-electron chi connectivity index (χ3n) is 2.27. The molecule has 1 aromatic heterocycles.